The van der Waals surface area contributed by atoms with E-state index in [0.29, 0.717) is 10.0 Å². The maximum Gasteiger partial charge on any atom is 0.124 e. The second kappa shape index (κ2) is 4.99. The van der Waals surface area contributed by atoms with Gasteiger partial charge in [0.15, 0.2) is 0 Å². The summed E-state index contributed by atoms with van der Waals surface area (Å²) < 4.78 is 0. The Morgan fingerprint density at radius 1 is 1.25 bits per heavy atom. The minimum absolute atomic E-state index is 0.0784. The van der Waals surface area contributed by atoms with Crippen molar-refractivity contribution in [3.05, 3.63) is 38.8 Å². The van der Waals surface area contributed by atoms with Gasteiger partial charge in [0.1, 0.15) is 5.01 Å². The quantitative estimate of drug-likeness (QED) is 0.792. The highest BCUT2D eigenvalue weighted by Gasteiger charge is 2.33. The summed E-state index contributed by atoms with van der Waals surface area (Å²) in [5.74, 6) is 0. The second-order valence-corrected chi connectivity index (χ2v) is 8.04. The molecule has 1 heterocycles. The van der Waals surface area contributed by atoms with Crippen LogP contribution in [0, 0.1) is 5.41 Å². The SMILES string of the molecule is CC1(C)Cc2nc(-c3cc(Cl)cc(Cl)c3)sc2C(N)C1. The largest absolute Gasteiger partial charge is 0.323 e. The minimum atomic E-state index is 0.0784. The van der Waals surface area contributed by atoms with Crippen LogP contribution in [0.5, 0.6) is 0 Å². The van der Waals surface area contributed by atoms with Crippen molar-refractivity contribution in [3.8, 4) is 10.6 Å². The van der Waals surface area contributed by atoms with Crippen molar-refractivity contribution in [1.29, 1.82) is 0 Å². The first-order valence-corrected chi connectivity index (χ1v) is 8.13. The molecule has 0 saturated carbocycles. The van der Waals surface area contributed by atoms with Gasteiger partial charge in [0.25, 0.3) is 0 Å². The van der Waals surface area contributed by atoms with Crippen molar-refractivity contribution < 1.29 is 0 Å². The van der Waals surface area contributed by atoms with E-state index in [-0.39, 0.29) is 11.5 Å². The molecule has 0 bridgehead atoms. The number of benzene rings is 1. The molecule has 0 saturated heterocycles. The molecule has 0 aliphatic heterocycles. The van der Waals surface area contributed by atoms with Gasteiger partial charge in [-0.15, -0.1) is 11.3 Å². The van der Waals surface area contributed by atoms with Gasteiger partial charge in [-0.3, -0.25) is 0 Å². The topological polar surface area (TPSA) is 38.9 Å². The smallest absolute Gasteiger partial charge is 0.124 e. The first kappa shape index (κ1) is 14.3. The molecular weight excluding hydrogens is 311 g/mol. The Balaban J connectivity index is 2.05. The molecule has 1 aromatic heterocycles. The lowest BCUT2D eigenvalue weighted by Crippen LogP contribution is -2.28. The summed E-state index contributed by atoms with van der Waals surface area (Å²) in [5, 5.41) is 2.21. The van der Waals surface area contributed by atoms with Gasteiger partial charge >= 0.3 is 0 Å². The lowest BCUT2D eigenvalue weighted by atomic mass is 9.77. The number of fused-ring (bicyclic) bond motifs is 1. The Hall–Kier alpha value is -0.610. The lowest BCUT2D eigenvalue weighted by molar-refractivity contribution is 0.282. The van der Waals surface area contributed by atoms with E-state index in [1.54, 1.807) is 17.4 Å². The number of halogens is 2. The second-order valence-electron chi connectivity index (χ2n) is 6.14. The van der Waals surface area contributed by atoms with E-state index >= 15 is 0 Å². The standard InChI is InChI=1S/C15H16Cl2N2S/c1-15(2)6-11(18)13-12(7-15)19-14(20-13)8-3-9(16)5-10(17)4-8/h3-5,11H,6-7,18H2,1-2H3. The third kappa shape index (κ3) is 2.73. The van der Waals surface area contributed by atoms with Crippen LogP contribution in [0.25, 0.3) is 10.6 Å². The number of hydrogen-bond donors (Lipinski definition) is 1. The summed E-state index contributed by atoms with van der Waals surface area (Å²) in [5.41, 5.74) is 8.60. The zero-order valence-electron chi connectivity index (χ0n) is 11.4. The molecule has 2 nitrogen and oxygen atoms in total. The Morgan fingerprint density at radius 3 is 2.55 bits per heavy atom. The predicted molar refractivity (Wildman–Crippen MR) is 86.6 cm³/mol. The van der Waals surface area contributed by atoms with Crippen LogP contribution in [-0.2, 0) is 6.42 Å². The fraction of sp³-hybridized carbons (Fsp3) is 0.400. The molecular formula is C15H16Cl2N2S. The fourth-order valence-corrected chi connectivity index (χ4v) is 4.39. The molecule has 1 aromatic carbocycles. The van der Waals surface area contributed by atoms with Crippen molar-refractivity contribution in [1.82, 2.24) is 4.98 Å². The molecule has 20 heavy (non-hydrogen) atoms. The van der Waals surface area contributed by atoms with Gasteiger partial charge < -0.3 is 5.73 Å². The molecule has 0 radical (unpaired) electrons. The molecule has 1 unspecified atom stereocenters. The van der Waals surface area contributed by atoms with Crippen LogP contribution >= 0.6 is 34.5 Å². The van der Waals surface area contributed by atoms with Gasteiger partial charge in [0, 0.05) is 26.5 Å². The fourth-order valence-electron chi connectivity index (χ4n) is 2.79. The molecule has 1 aliphatic carbocycles. The number of rotatable bonds is 1. The van der Waals surface area contributed by atoms with Crippen LogP contribution in [0.3, 0.4) is 0 Å². The summed E-state index contributed by atoms with van der Waals surface area (Å²) in [6, 6.07) is 5.60. The molecule has 106 valence electrons. The van der Waals surface area contributed by atoms with Crippen molar-refractivity contribution in [2.75, 3.05) is 0 Å². The Bertz CT molecular complexity index is 644. The number of nitrogens with two attached hydrogens (primary N) is 1. The zero-order valence-corrected chi connectivity index (χ0v) is 13.7. The van der Waals surface area contributed by atoms with Crippen molar-refractivity contribution in [2.24, 2.45) is 11.1 Å². The Kier molecular flexibility index (Phi) is 3.57. The van der Waals surface area contributed by atoms with Crippen LogP contribution in [0.4, 0.5) is 0 Å². The summed E-state index contributed by atoms with van der Waals surface area (Å²) in [7, 11) is 0. The number of aromatic nitrogens is 1. The van der Waals surface area contributed by atoms with E-state index in [9.17, 15) is 0 Å². The van der Waals surface area contributed by atoms with Crippen LogP contribution in [0.1, 0.15) is 36.9 Å². The number of hydrogen-bond acceptors (Lipinski definition) is 3. The van der Waals surface area contributed by atoms with Crippen LogP contribution in [0.2, 0.25) is 10.0 Å². The van der Waals surface area contributed by atoms with Crippen LogP contribution in [0.15, 0.2) is 18.2 Å². The lowest BCUT2D eigenvalue weighted by Gasteiger charge is -2.32. The number of nitrogens with zero attached hydrogens (tertiary/aromatic N) is 1. The van der Waals surface area contributed by atoms with Crippen molar-refractivity contribution >= 4 is 34.5 Å². The molecule has 3 rings (SSSR count). The van der Waals surface area contributed by atoms with E-state index in [0.717, 1.165) is 29.1 Å². The van der Waals surface area contributed by atoms with Gasteiger partial charge in [-0.25, -0.2) is 4.98 Å². The van der Waals surface area contributed by atoms with Crippen LogP contribution < -0.4 is 5.73 Å². The van der Waals surface area contributed by atoms with E-state index in [1.165, 1.54) is 4.88 Å². The molecule has 0 amide bonds. The van der Waals surface area contributed by atoms with Gasteiger partial charge in [0.05, 0.1) is 5.69 Å². The summed E-state index contributed by atoms with van der Waals surface area (Å²) in [6.45, 7) is 4.48. The molecule has 2 N–H and O–H groups in total. The van der Waals surface area contributed by atoms with Crippen molar-refractivity contribution in [3.63, 3.8) is 0 Å². The normalized spacial score (nSPS) is 20.8. The summed E-state index contributed by atoms with van der Waals surface area (Å²) in [6.07, 6.45) is 1.97. The van der Waals surface area contributed by atoms with Crippen molar-refractivity contribution in [2.45, 2.75) is 32.7 Å². The van der Waals surface area contributed by atoms with E-state index < -0.39 is 0 Å². The molecule has 0 spiro atoms. The molecule has 2 aromatic rings. The summed E-state index contributed by atoms with van der Waals surface area (Å²) >= 11 is 13.8. The molecule has 1 aliphatic rings. The monoisotopic (exact) mass is 326 g/mol. The maximum atomic E-state index is 6.29. The highest BCUT2D eigenvalue weighted by atomic mass is 35.5. The first-order chi connectivity index (χ1) is 9.34. The highest BCUT2D eigenvalue weighted by Crippen LogP contribution is 2.44. The zero-order chi connectivity index (χ0) is 14.5. The predicted octanol–water partition coefficient (Wildman–Crippen LogP) is 5.09. The molecule has 5 heteroatoms. The molecule has 0 fully saturated rings. The number of thiazole rings is 1. The van der Waals surface area contributed by atoms with E-state index in [1.807, 2.05) is 12.1 Å². The first-order valence-electron chi connectivity index (χ1n) is 6.56. The Morgan fingerprint density at radius 2 is 1.90 bits per heavy atom. The van der Waals surface area contributed by atoms with Crippen LogP contribution in [-0.4, -0.2) is 4.98 Å². The summed E-state index contributed by atoms with van der Waals surface area (Å²) in [4.78, 5) is 5.97. The van der Waals surface area contributed by atoms with Gasteiger partial charge in [0.2, 0.25) is 0 Å². The average Bonchev–Trinajstić information content (AvgIpc) is 2.69. The highest BCUT2D eigenvalue weighted by molar-refractivity contribution is 7.15. The van der Waals surface area contributed by atoms with E-state index in [2.05, 4.69) is 13.8 Å². The third-order valence-corrected chi connectivity index (χ3v) is 5.31. The van der Waals surface area contributed by atoms with E-state index in [4.69, 9.17) is 33.9 Å². The maximum absolute atomic E-state index is 6.29. The minimum Gasteiger partial charge on any atom is -0.323 e. The van der Waals surface area contributed by atoms with Gasteiger partial charge in [-0.1, -0.05) is 37.0 Å². The molecule has 1 atom stereocenters. The Labute approximate surface area is 132 Å². The van der Waals surface area contributed by atoms with Gasteiger partial charge in [-0.2, -0.15) is 0 Å². The third-order valence-electron chi connectivity index (χ3n) is 3.59. The average molecular weight is 327 g/mol. The van der Waals surface area contributed by atoms with Gasteiger partial charge in [-0.05, 0) is 36.5 Å².